The van der Waals surface area contributed by atoms with Crippen LogP contribution in [-0.4, -0.2) is 45.4 Å². The standard InChI is InChI=1S/C14H22N2O2S/c1-17-13-10-12(16-5-7-19-8-6-16)14(18-2)9-11(13)3-4-15/h9-10H,3-8,15H2,1-2H3. The molecule has 1 aliphatic heterocycles. The van der Waals surface area contributed by atoms with Crippen molar-refractivity contribution >= 4 is 17.4 Å². The smallest absolute Gasteiger partial charge is 0.142 e. The zero-order chi connectivity index (χ0) is 13.7. The van der Waals surface area contributed by atoms with Crippen LogP contribution < -0.4 is 20.1 Å². The average molecular weight is 282 g/mol. The Morgan fingerprint density at radius 2 is 1.84 bits per heavy atom. The highest BCUT2D eigenvalue weighted by atomic mass is 32.2. The maximum absolute atomic E-state index is 5.65. The van der Waals surface area contributed by atoms with Crippen LogP contribution in [0.1, 0.15) is 5.56 Å². The van der Waals surface area contributed by atoms with Crippen molar-refractivity contribution in [2.24, 2.45) is 5.73 Å². The van der Waals surface area contributed by atoms with Gasteiger partial charge in [-0.15, -0.1) is 0 Å². The summed E-state index contributed by atoms with van der Waals surface area (Å²) in [6.07, 6.45) is 0.801. The van der Waals surface area contributed by atoms with Gasteiger partial charge < -0.3 is 20.1 Å². The first-order valence-corrected chi connectivity index (χ1v) is 7.73. The molecule has 106 valence electrons. The molecule has 1 aromatic rings. The largest absolute Gasteiger partial charge is 0.496 e. The second-order valence-corrected chi connectivity index (χ2v) is 5.70. The Kier molecular flexibility index (Phi) is 5.22. The van der Waals surface area contributed by atoms with Gasteiger partial charge in [0, 0.05) is 30.7 Å². The molecule has 19 heavy (non-hydrogen) atoms. The number of methoxy groups -OCH3 is 2. The third-order valence-corrected chi connectivity index (χ3v) is 4.29. The van der Waals surface area contributed by atoms with Gasteiger partial charge >= 0.3 is 0 Å². The minimum Gasteiger partial charge on any atom is -0.496 e. The molecule has 1 aliphatic rings. The lowest BCUT2D eigenvalue weighted by molar-refractivity contribution is 0.398. The fourth-order valence-corrected chi connectivity index (χ4v) is 3.25. The SMILES string of the molecule is COc1cc(N2CCSCC2)c(OC)cc1CCN. The summed E-state index contributed by atoms with van der Waals surface area (Å²) in [5, 5.41) is 0. The minimum absolute atomic E-state index is 0.610. The van der Waals surface area contributed by atoms with Crippen LogP contribution in [0, 0.1) is 0 Å². The summed E-state index contributed by atoms with van der Waals surface area (Å²) in [6, 6.07) is 4.14. The molecule has 5 heteroatoms. The number of hydrogen-bond acceptors (Lipinski definition) is 5. The van der Waals surface area contributed by atoms with Crippen LogP contribution in [0.5, 0.6) is 11.5 Å². The van der Waals surface area contributed by atoms with E-state index in [9.17, 15) is 0 Å². The first kappa shape index (κ1) is 14.3. The molecule has 2 rings (SSSR count). The van der Waals surface area contributed by atoms with E-state index < -0.39 is 0 Å². The van der Waals surface area contributed by atoms with Gasteiger partial charge in [-0.25, -0.2) is 0 Å². The van der Waals surface area contributed by atoms with Crippen LogP contribution in [0.4, 0.5) is 5.69 Å². The molecule has 0 atom stereocenters. The fourth-order valence-electron chi connectivity index (χ4n) is 2.35. The number of thioether (sulfide) groups is 1. The highest BCUT2D eigenvalue weighted by Gasteiger charge is 2.18. The van der Waals surface area contributed by atoms with Crippen molar-refractivity contribution in [1.82, 2.24) is 0 Å². The zero-order valence-electron chi connectivity index (χ0n) is 11.6. The first-order valence-electron chi connectivity index (χ1n) is 6.57. The molecule has 0 aromatic heterocycles. The summed E-state index contributed by atoms with van der Waals surface area (Å²) in [6.45, 7) is 2.72. The van der Waals surface area contributed by atoms with Gasteiger partial charge in [-0.1, -0.05) is 0 Å². The minimum atomic E-state index is 0.610. The van der Waals surface area contributed by atoms with E-state index >= 15 is 0 Å². The van der Waals surface area contributed by atoms with Gasteiger partial charge in [0.15, 0.2) is 0 Å². The summed E-state index contributed by atoms with van der Waals surface area (Å²) >= 11 is 2.00. The molecule has 4 nitrogen and oxygen atoms in total. The predicted octanol–water partition coefficient (Wildman–Crippen LogP) is 1.76. The molecule has 1 fully saturated rings. The van der Waals surface area contributed by atoms with Crippen LogP contribution >= 0.6 is 11.8 Å². The zero-order valence-corrected chi connectivity index (χ0v) is 12.5. The predicted molar refractivity (Wildman–Crippen MR) is 81.8 cm³/mol. The number of anilines is 1. The van der Waals surface area contributed by atoms with Crippen LogP contribution in [0.15, 0.2) is 12.1 Å². The first-order chi connectivity index (χ1) is 9.30. The molecular formula is C14H22N2O2S. The molecule has 1 heterocycles. The summed E-state index contributed by atoms with van der Waals surface area (Å²) in [5.74, 6) is 4.14. The van der Waals surface area contributed by atoms with Gasteiger partial charge in [0.25, 0.3) is 0 Å². The second-order valence-electron chi connectivity index (χ2n) is 4.47. The summed E-state index contributed by atoms with van der Waals surface area (Å²) < 4.78 is 11.0. The molecule has 0 saturated carbocycles. The van der Waals surface area contributed by atoms with E-state index in [0.29, 0.717) is 6.54 Å². The average Bonchev–Trinajstić information content (AvgIpc) is 2.48. The van der Waals surface area contributed by atoms with E-state index in [1.54, 1.807) is 14.2 Å². The maximum atomic E-state index is 5.65. The van der Waals surface area contributed by atoms with E-state index in [1.807, 2.05) is 11.8 Å². The number of rotatable bonds is 5. The molecule has 0 spiro atoms. The maximum Gasteiger partial charge on any atom is 0.142 e. The van der Waals surface area contributed by atoms with E-state index in [4.69, 9.17) is 15.2 Å². The monoisotopic (exact) mass is 282 g/mol. The lowest BCUT2D eigenvalue weighted by Gasteiger charge is -2.30. The van der Waals surface area contributed by atoms with Crippen molar-refractivity contribution in [2.75, 3.05) is 50.3 Å². The molecule has 0 aliphatic carbocycles. The number of hydrogen-bond donors (Lipinski definition) is 1. The molecule has 0 amide bonds. The molecule has 1 saturated heterocycles. The van der Waals surface area contributed by atoms with E-state index in [1.165, 1.54) is 0 Å². The second kappa shape index (κ2) is 6.91. The summed E-state index contributed by atoms with van der Waals surface area (Å²) in [5.41, 5.74) is 7.88. The Hall–Kier alpha value is -1.07. The molecule has 0 unspecified atom stereocenters. The Bertz CT molecular complexity index is 420. The van der Waals surface area contributed by atoms with Gasteiger partial charge in [-0.3, -0.25) is 0 Å². The highest BCUT2D eigenvalue weighted by Crippen LogP contribution is 2.36. The Balaban J connectivity index is 2.35. The normalized spacial score (nSPS) is 15.4. The topological polar surface area (TPSA) is 47.7 Å². The molecule has 1 aromatic carbocycles. The van der Waals surface area contributed by atoms with Crippen molar-refractivity contribution in [3.63, 3.8) is 0 Å². The van der Waals surface area contributed by atoms with E-state index in [0.717, 1.165) is 53.8 Å². The van der Waals surface area contributed by atoms with E-state index in [2.05, 4.69) is 17.0 Å². The molecular weight excluding hydrogens is 260 g/mol. The van der Waals surface area contributed by atoms with E-state index in [-0.39, 0.29) is 0 Å². The number of nitrogens with two attached hydrogens (primary N) is 1. The fraction of sp³-hybridized carbons (Fsp3) is 0.571. The van der Waals surface area contributed by atoms with Crippen molar-refractivity contribution < 1.29 is 9.47 Å². The van der Waals surface area contributed by atoms with Gasteiger partial charge in [0.05, 0.1) is 19.9 Å². The van der Waals surface area contributed by atoms with Gasteiger partial charge in [-0.2, -0.15) is 11.8 Å². The molecule has 0 radical (unpaired) electrons. The molecule has 0 bridgehead atoms. The lowest BCUT2D eigenvalue weighted by Crippen LogP contribution is -2.32. The van der Waals surface area contributed by atoms with Gasteiger partial charge in [0.2, 0.25) is 0 Å². The Morgan fingerprint density at radius 3 is 2.42 bits per heavy atom. The third-order valence-electron chi connectivity index (χ3n) is 3.35. The van der Waals surface area contributed by atoms with Crippen LogP contribution in [0.3, 0.4) is 0 Å². The van der Waals surface area contributed by atoms with Gasteiger partial charge in [-0.05, 0) is 24.6 Å². The Labute approximate surface area is 119 Å². The lowest BCUT2D eigenvalue weighted by atomic mass is 10.1. The van der Waals surface area contributed by atoms with Crippen LogP contribution in [-0.2, 0) is 6.42 Å². The third kappa shape index (κ3) is 3.28. The van der Waals surface area contributed by atoms with Crippen molar-refractivity contribution in [2.45, 2.75) is 6.42 Å². The van der Waals surface area contributed by atoms with Gasteiger partial charge in [0.1, 0.15) is 11.5 Å². The van der Waals surface area contributed by atoms with Crippen LogP contribution in [0.2, 0.25) is 0 Å². The summed E-state index contributed by atoms with van der Waals surface area (Å²) in [7, 11) is 3.42. The highest BCUT2D eigenvalue weighted by molar-refractivity contribution is 7.99. The van der Waals surface area contributed by atoms with Crippen molar-refractivity contribution in [3.05, 3.63) is 17.7 Å². The number of nitrogens with zero attached hydrogens (tertiary/aromatic N) is 1. The summed E-state index contributed by atoms with van der Waals surface area (Å²) in [4.78, 5) is 2.37. The quantitative estimate of drug-likeness (QED) is 0.891. The molecule has 2 N–H and O–H groups in total. The number of benzene rings is 1. The Morgan fingerprint density at radius 1 is 1.16 bits per heavy atom. The van der Waals surface area contributed by atoms with Crippen LogP contribution in [0.25, 0.3) is 0 Å². The van der Waals surface area contributed by atoms with Crippen molar-refractivity contribution in [3.8, 4) is 11.5 Å². The van der Waals surface area contributed by atoms with Crippen molar-refractivity contribution in [1.29, 1.82) is 0 Å². The number of ether oxygens (including phenoxy) is 2.